The van der Waals surface area contributed by atoms with Gasteiger partial charge in [-0.2, -0.15) is 13.2 Å². The topological polar surface area (TPSA) is 67.4 Å². The van der Waals surface area contributed by atoms with Crippen LogP contribution in [0.1, 0.15) is 39.5 Å². The molecule has 1 amide bonds. The van der Waals surface area contributed by atoms with Crippen LogP contribution in [0.25, 0.3) is 10.7 Å². The van der Waals surface area contributed by atoms with Gasteiger partial charge in [0.1, 0.15) is 15.6 Å². The lowest BCUT2D eigenvalue weighted by Crippen LogP contribution is -2.36. The van der Waals surface area contributed by atoms with Crippen LogP contribution in [0.5, 0.6) is 0 Å². The molecule has 1 fully saturated rings. The maximum atomic E-state index is 13.7. The zero-order valence-corrected chi connectivity index (χ0v) is 19.0. The second-order valence-electron chi connectivity index (χ2n) is 7.75. The second kappa shape index (κ2) is 9.48. The van der Waals surface area contributed by atoms with Crippen molar-refractivity contribution in [3.63, 3.8) is 0 Å². The van der Waals surface area contributed by atoms with Crippen LogP contribution in [0.3, 0.4) is 0 Å². The first-order valence-electron chi connectivity index (χ1n) is 10.5. The average Bonchev–Trinajstić information content (AvgIpc) is 3.26. The van der Waals surface area contributed by atoms with Crippen molar-refractivity contribution < 1.29 is 22.7 Å². The number of carbonyl (C=O) groups is 1. The van der Waals surface area contributed by atoms with E-state index in [4.69, 9.17) is 4.74 Å². The molecule has 33 heavy (non-hydrogen) atoms. The van der Waals surface area contributed by atoms with Crippen molar-refractivity contribution in [2.24, 2.45) is 0 Å². The summed E-state index contributed by atoms with van der Waals surface area (Å²) in [5.41, 5.74) is 1.60. The SMILES string of the molecule is Cc1cccnc1-c1nc(C(F)(F)F)c(C(=O)N[C@@H](C)c2cccc(N3CCOCC3)c2)s1. The molecule has 0 bridgehead atoms. The van der Waals surface area contributed by atoms with E-state index in [1.54, 1.807) is 26.0 Å². The van der Waals surface area contributed by atoms with Crippen LogP contribution in [0.2, 0.25) is 0 Å². The zero-order chi connectivity index (χ0) is 23.6. The monoisotopic (exact) mass is 476 g/mol. The van der Waals surface area contributed by atoms with E-state index >= 15 is 0 Å². The fraction of sp³-hybridized carbons (Fsp3) is 0.348. The molecule has 2 aromatic heterocycles. The highest BCUT2D eigenvalue weighted by Crippen LogP contribution is 2.38. The Morgan fingerprint density at radius 2 is 1.97 bits per heavy atom. The quantitative estimate of drug-likeness (QED) is 0.570. The van der Waals surface area contributed by atoms with Crippen LogP contribution in [0, 0.1) is 6.92 Å². The standard InChI is InChI=1S/C23H23F3N4O2S/c1-14-5-4-8-27-18(14)22-29-20(23(24,25)26)19(33-22)21(31)28-15(2)16-6-3-7-17(13-16)30-9-11-32-12-10-30/h3-8,13,15H,9-12H2,1-2H3,(H,28,31)/t15-/m0/s1. The van der Waals surface area contributed by atoms with Gasteiger partial charge in [0.05, 0.1) is 19.3 Å². The third-order valence-corrected chi connectivity index (χ3v) is 6.47. The van der Waals surface area contributed by atoms with Gasteiger partial charge in [0.15, 0.2) is 5.69 Å². The number of pyridine rings is 1. The van der Waals surface area contributed by atoms with E-state index in [9.17, 15) is 18.0 Å². The number of nitrogens with zero attached hydrogens (tertiary/aromatic N) is 3. The molecule has 3 heterocycles. The number of anilines is 1. The van der Waals surface area contributed by atoms with Gasteiger partial charge in [0.2, 0.25) is 0 Å². The lowest BCUT2D eigenvalue weighted by Gasteiger charge is -2.29. The van der Waals surface area contributed by atoms with E-state index < -0.39 is 28.7 Å². The van der Waals surface area contributed by atoms with Gasteiger partial charge < -0.3 is 15.0 Å². The van der Waals surface area contributed by atoms with Gasteiger partial charge in [-0.15, -0.1) is 11.3 Å². The highest BCUT2D eigenvalue weighted by atomic mass is 32.1. The predicted octanol–water partition coefficient (Wildman–Crippen LogP) is 4.86. The molecule has 1 aromatic carbocycles. The third kappa shape index (κ3) is 5.17. The number of amides is 1. The Hall–Kier alpha value is -2.98. The predicted molar refractivity (Wildman–Crippen MR) is 120 cm³/mol. The Morgan fingerprint density at radius 1 is 1.21 bits per heavy atom. The molecular weight excluding hydrogens is 453 g/mol. The number of nitrogens with one attached hydrogen (secondary N) is 1. The Morgan fingerprint density at radius 3 is 2.67 bits per heavy atom. The first-order chi connectivity index (χ1) is 15.7. The molecule has 6 nitrogen and oxygen atoms in total. The third-order valence-electron chi connectivity index (χ3n) is 5.41. The molecule has 0 radical (unpaired) electrons. The highest BCUT2D eigenvalue weighted by Gasteiger charge is 2.40. The molecule has 10 heteroatoms. The molecule has 0 saturated carbocycles. The summed E-state index contributed by atoms with van der Waals surface area (Å²) in [5, 5.41) is 2.76. The van der Waals surface area contributed by atoms with Crippen molar-refractivity contribution in [1.29, 1.82) is 0 Å². The van der Waals surface area contributed by atoms with Crippen LogP contribution in [0.15, 0.2) is 42.6 Å². The summed E-state index contributed by atoms with van der Waals surface area (Å²) in [4.78, 5) is 22.5. The van der Waals surface area contributed by atoms with Crippen molar-refractivity contribution >= 4 is 22.9 Å². The second-order valence-corrected chi connectivity index (χ2v) is 8.75. The lowest BCUT2D eigenvalue weighted by atomic mass is 10.1. The number of thiazole rings is 1. The van der Waals surface area contributed by atoms with Crippen molar-refractivity contribution in [1.82, 2.24) is 15.3 Å². The lowest BCUT2D eigenvalue weighted by molar-refractivity contribution is -0.141. The number of hydrogen-bond acceptors (Lipinski definition) is 6. The number of carbonyl (C=O) groups excluding carboxylic acids is 1. The fourth-order valence-electron chi connectivity index (χ4n) is 3.63. The summed E-state index contributed by atoms with van der Waals surface area (Å²) in [7, 11) is 0. The minimum absolute atomic E-state index is 0.0625. The number of aryl methyl sites for hydroxylation is 1. The molecule has 174 valence electrons. The zero-order valence-electron chi connectivity index (χ0n) is 18.1. The molecule has 1 aliphatic rings. The number of alkyl halides is 3. The summed E-state index contributed by atoms with van der Waals surface area (Å²) < 4.78 is 46.4. The van der Waals surface area contributed by atoms with Gasteiger partial charge in [-0.1, -0.05) is 18.2 Å². The van der Waals surface area contributed by atoms with Crippen molar-refractivity contribution in [3.8, 4) is 10.7 Å². The molecule has 1 N–H and O–H groups in total. The number of benzene rings is 1. The van der Waals surface area contributed by atoms with E-state index in [1.165, 1.54) is 6.20 Å². The minimum Gasteiger partial charge on any atom is -0.378 e. The van der Waals surface area contributed by atoms with Gasteiger partial charge in [-0.25, -0.2) is 4.98 Å². The number of rotatable bonds is 5. The largest absolute Gasteiger partial charge is 0.435 e. The number of aromatic nitrogens is 2. The normalized spacial score (nSPS) is 15.4. The van der Waals surface area contributed by atoms with Crippen molar-refractivity contribution in [3.05, 3.63) is 64.3 Å². The molecule has 4 rings (SSSR count). The summed E-state index contributed by atoms with van der Waals surface area (Å²) in [6, 6.07) is 10.6. The minimum atomic E-state index is -4.76. The molecule has 1 saturated heterocycles. The number of morpholine rings is 1. The molecule has 3 aromatic rings. The maximum Gasteiger partial charge on any atom is 0.435 e. The first kappa shape index (κ1) is 23.2. The summed E-state index contributed by atoms with van der Waals surface area (Å²) >= 11 is 0.697. The Kier molecular flexibility index (Phi) is 6.66. The van der Waals surface area contributed by atoms with E-state index in [0.29, 0.717) is 35.8 Å². The molecule has 1 atom stereocenters. The molecular formula is C23H23F3N4O2S. The van der Waals surface area contributed by atoms with E-state index in [1.807, 2.05) is 24.3 Å². The van der Waals surface area contributed by atoms with Gasteiger partial charge >= 0.3 is 6.18 Å². The number of halogens is 3. The maximum absolute atomic E-state index is 13.7. The summed E-state index contributed by atoms with van der Waals surface area (Å²) in [6.07, 6.45) is -3.27. The van der Waals surface area contributed by atoms with Crippen LogP contribution in [-0.4, -0.2) is 42.2 Å². The highest BCUT2D eigenvalue weighted by molar-refractivity contribution is 7.17. The van der Waals surface area contributed by atoms with Crippen LogP contribution in [-0.2, 0) is 10.9 Å². The van der Waals surface area contributed by atoms with E-state index in [2.05, 4.69) is 20.2 Å². The van der Waals surface area contributed by atoms with Gasteiger partial charge in [-0.05, 0) is 43.2 Å². The molecule has 0 aliphatic carbocycles. The van der Waals surface area contributed by atoms with Crippen LogP contribution >= 0.6 is 11.3 Å². The fourth-order valence-corrected chi connectivity index (χ4v) is 4.69. The Balaban J connectivity index is 1.58. The van der Waals surface area contributed by atoms with Gasteiger partial charge in [0.25, 0.3) is 5.91 Å². The van der Waals surface area contributed by atoms with Crippen molar-refractivity contribution in [2.75, 3.05) is 31.2 Å². The van der Waals surface area contributed by atoms with Gasteiger partial charge in [0, 0.05) is 25.0 Å². The number of hydrogen-bond donors (Lipinski definition) is 1. The summed E-state index contributed by atoms with van der Waals surface area (Å²) in [5.74, 6) is -0.816. The molecule has 0 unspecified atom stereocenters. The summed E-state index contributed by atoms with van der Waals surface area (Å²) in [6.45, 7) is 6.28. The van der Waals surface area contributed by atoms with Crippen LogP contribution < -0.4 is 10.2 Å². The average molecular weight is 477 g/mol. The van der Waals surface area contributed by atoms with Gasteiger partial charge in [-0.3, -0.25) is 9.78 Å². The van der Waals surface area contributed by atoms with Crippen molar-refractivity contribution in [2.45, 2.75) is 26.1 Å². The van der Waals surface area contributed by atoms with Crippen LogP contribution in [0.4, 0.5) is 18.9 Å². The molecule has 1 aliphatic heterocycles. The Labute approximate surface area is 193 Å². The van der Waals surface area contributed by atoms with E-state index in [0.717, 1.165) is 24.3 Å². The number of ether oxygens (including phenoxy) is 1. The molecule has 0 spiro atoms. The van der Waals surface area contributed by atoms with E-state index in [-0.39, 0.29) is 5.01 Å². The first-order valence-corrected chi connectivity index (χ1v) is 11.3. The smallest absolute Gasteiger partial charge is 0.378 e. The Bertz CT molecular complexity index is 1140.